The van der Waals surface area contributed by atoms with E-state index in [1.165, 1.54) is 139 Å². The van der Waals surface area contributed by atoms with Gasteiger partial charge in [0.1, 0.15) is 0 Å². The van der Waals surface area contributed by atoms with Crippen LogP contribution in [-0.4, -0.2) is 11.7 Å². The van der Waals surface area contributed by atoms with E-state index in [9.17, 15) is 5.11 Å². The molecule has 1 N–H and O–H groups in total. The van der Waals surface area contributed by atoms with Gasteiger partial charge in [-0.2, -0.15) is 0 Å². The van der Waals surface area contributed by atoms with Crippen LogP contribution in [0.4, 0.5) is 0 Å². The molecule has 1 aromatic carbocycles. The van der Waals surface area contributed by atoms with Crippen LogP contribution >= 0.6 is 11.6 Å². The maximum Gasteiger partial charge on any atom is 0.0647 e. The normalized spacial score (nSPS) is 15.7. The zero-order valence-electron chi connectivity index (χ0n) is 23.2. The summed E-state index contributed by atoms with van der Waals surface area (Å²) < 4.78 is 0. The molecule has 35 heavy (non-hydrogen) atoms. The molecule has 1 aromatic rings. The monoisotopic (exact) mass is 502 g/mol. The Hall–Kier alpha value is -0.790. The summed E-state index contributed by atoms with van der Waals surface area (Å²) in [6.07, 6.45) is 28.4. The molecule has 0 saturated heterocycles. The first kappa shape index (κ1) is 30.4. The van der Waals surface area contributed by atoms with Gasteiger partial charge in [-0.05, 0) is 66.4 Å². The molecule has 2 heteroatoms. The zero-order valence-corrected chi connectivity index (χ0v) is 23.9. The summed E-state index contributed by atoms with van der Waals surface area (Å²) in [5, 5.41) is 10.9. The maximum atomic E-state index is 10.1. The molecule has 0 spiro atoms. The van der Waals surface area contributed by atoms with E-state index < -0.39 is 0 Å². The number of hydrogen-bond acceptors (Lipinski definition) is 1. The minimum Gasteiger partial charge on any atom is -0.392 e. The minimum atomic E-state index is 0.198. The molecule has 0 unspecified atom stereocenters. The topological polar surface area (TPSA) is 20.2 Å². The van der Waals surface area contributed by atoms with Crippen LogP contribution in [0.25, 0.3) is 5.57 Å². The van der Waals surface area contributed by atoms with Crippen LogP contribution in [0.5, 0.6) is 0 Å². The minimum absolute atomic E-state index is 0.198. The van der Waals surface area contributed by atoms with Crippen molar-refractivity contribution in [3.63, 3.8) is 0 Å². The van der Waals surface area contributed by atoms with Crippen molar-refractivity contribution in [2.45, 2.75) is 149 Å². The van der Waals surface area contributed by atoms with Crippen LogP contribution < -0.4 is 0 Å². The molecular weight excluding hydrogens is 448 g/mol. The van der Waals surface area contributed by atoms with Crippen LogP contribution in [0.15, 0.2) is 29.8 Å². The number of hydrogen-bond donors (Lipinski definition) is 1. The molecule has 0 aliphatic heterocycles. The Kier molecular flexibility index (Phi) is 16.0. The molecule has 2 rings (SSSR count). The lowest BCUT2D eigenvalue weighted by molar-refractivity contribution is 0.194. The van der Waals surface area contributed by atoms with Gasteiger partial charge in [-0.3, -0.25) is 0 Å². The third-order valence-corrected chi connectivity index (χ3v) is 8.69. The van der Waals surface area contributed by atoms with Crippen LogP contribution in [-0.2, 0) is 0 Å². The molecule has 1 aliphatic rings. The van der Waals surface area contributed by atoms with Gasteiger partial charge in [0, 0.05) is 5.02 Å². The van der Waals surface area contributed by atoms with E-state index in [4.69, 9.17) is 11.6 Å². The maximum absolute atomic E-state index is 10.1. The number of halogens is 1. The lowest BCUT2D eigenvalue weighted by Crippen LogP contribution is -2.26. The highest BCUT2D eigenvalue weighted by molar-refractivity contribution is 6.30. The van der Waals surface area contributed by atoms with Crippen molar-refractivity contribution < 1.29 is 5.11 Å². The Balaban J connectivity index is 1.94. The van der Waals surface area contributed by atoms with Crippen molar-refractivity contribution in [3.8, 4) is 0 Å². The highest BCUT2D eigenvalue weighted by Gasteiger charge is 2.34. The Bertz CT molecular complexity index is 670. The van der Waals surface area contributed by atoms with E-state index in [0.717, 1.165) is 17.9 Å². The second kappa shape index (κ2) is 18.5. The Morgan fingerprint density at radius 1 is 0.686 bits per heavy atom. The number of allylic oxidation sites excluding steroid dienone is 1. The molecule has 0 bridgehead atoms. The predicted molar refractivity (Wildman–Crippen MR) is 156 cm³/mol. The highest BCUT2D eigenvalue weighted by atomic mass is 35.5. The number of aliphatic hydroxyl groups excluding tert-OH is 1. The lowest BCUT2D eigenvalue weighted by Gasteiger charge is -2.40. The summed E-state index contributed by atoms with van der Waals surface area (Å²) in [6.45, 7) is 4.79. The quantitative estimate of drug-likeness (QED) is 0.176. The van der Waals surface area contributed by atoms with E-state index in [1.54, 1.807) is 0 Å². The number of unbranched alkanes of at least 4 members (excludes halogenated alkanes) is 14. The molecule has 1 aliphatic carbocycles. The van der Waals surface area contributed by atoms with Crippen LogP contribution in [0.1, 0.15) is 154 Å². The van der Waals surface area contributed by atoms with Gasteiger partial charge in [-0.15, -0.1) is 0 Å². The summed E-state index contributed by atoms with van der Waals surface area (Å²) >= 11 is 6.19. The molecule has 0 atom stereocenters. The van der Waals surface area contributed by atoms with Gasteiger partial charge in [-0.1, -0.05) is 140 Å². The largest absolute Gasteiger partial charge is 0.392 e. The number of benzene rings is 1. The first-order chi connectivity index (χ1) is 17.1. The number of rotatable bonds is 20. The van der Waals surface area contributed by atoms with E-state index in [2.05, 4.69) is 26.0 Å². The Morgan fingerprint density at radius 3 is 1.60 bits per heavy atom. The highest BCUT2D eigenvalue weighted by Crippen LogP contribution is 2.49. The second-order valence-corrected chi connectivity index (χ2v) is 11.8. The molecule has 0 amide bonds. The standard InChI is InChI=1S/C33H55ClO/c1-3-5-7-9-11-13-15-17-24-33(25-18-16-14-12-10-8-6-4-2)26-23-30(28-35)32(27-33)29-19-21-31(34)22-20-29/h19-22,35H,3-18,23-28H2,1-2H3. The van der Waals surface area contributed by atoms with E-state index >= 15 is 0 Å². The van der Waals surface area contributed by atoms with Gasteiger partial charge in [0.2, 0.25) is 0 Å². The molecule has 0 fully saturated rings. The summed E-state index contributed by atoms with van der Waals surface area (Å²) in [7, 11) is 0. The Labute approximate surface area is 223 Å². The van der Waals surface area contributed by atoms with Crippen molar-refractivity contribution in [2.75, 3.05) is 6.61 Å². The van der Waals surface area contributed by atoms with Crippen molar-refractivity contribution in [1.82, 2.24) is 0 Å². The third kappa shape index (κ3) is 11.9. The third-order valence-electron chi connectivity index (χ3n) is 8.44. The van der Waals surface area contributed by atoms with Gasteiger partial charge in [-0.25, -0.2) is 0 Å². The number of aliphatic hydroxyl groups is 1. The fraction of sp³-hybridized carbons (Fsp3) is 0.758. The van der Waals surface area contributed by atoms with Gasteiger partial charge in [0.25, 0.3) is 0 Å². The Morgan fingerprint density at radius 2 is 1.14 bits per heavy atom. The van der Waals surface area contributed by atoms with Gasteiger partial charge >= 0.3 is 0 Å². The summed E-state index contributed by atoms with van der Waals surface area (Å²) in [4.78, 5) is 0. The first-order valence-corrected chi connectivity index (χ1v) is 15.6. The summed E-state index contributed by atoms with van der Waals surface area (Å²) in [5.41, 5.74) is 4.36. The fourth-order valence-electron chi connectivity index (χ4n) is 6.11. The lowest BCUT2D eigenvalue weighted by atomic mass is 9.65. The van der Waals surface area contributed by atoms with Crippen LogP contribution in [0.3, 0.4) is 0 Å². The average molecular weight is 503 g/mol. The molecule has 200 valence electrons. The van der Waals surface area contributed by atoms with Crippen molar-refractivity contribution in [3.05, 3.63) is 40.4 Å². The molecule has 0 radical (unpaired) electrons. The molecular formula is C33H55ClO. The SMILES string of the molecule is CCCCCCCCCCC1(CCCCCCCCCC)CCC(CO)=C(c2ccc(Cl)cc2)C1. The van der Waals surface area contributed by atoms with Crippen molar-refractivity contribution >= 4 is 17.2 Å². The molecule has 0 saturated carbocycles. The molecule has 1 nitrogen and oxygen atoms in total. The van der Waals surface area contributed by atoms with Crippen molar-refractivity contribution in [1.29, 1.82) is 0 Å². The smallest absolute Gasteiger partial charge is 0.0647 e. The van der Waals surface area contributed by atoms with E-state index in [0.29, 0.717) is 5.41 Å². The van der Waals surface area contributed by atoms with Gasteiger partial charge < -0.3 is 5.11 Å². The van der Waals surface area contributed by atoms with E-state index in [-0.39, 0.29) is 6.61 Å². The summed E-state index contributed by atoms with van der Waals surface area (Å²) in [6, 6.07) is 8.34. The van der Waals surface area contributed by atoms with Crippen molar-refractivity contribution in [2.24, 2.45) is 5.41 Å². The fourth-order valence-corrected chi connectivity index (χ4v) is 6.23. The van der Waals surface area contributed by atoms with Gasteiger partial charge in [0.15, 0.2) is 0 Å². The zero-order chi connectivity index (χ0) is 25.2. The van der Waals surface area contributed by atoms with Gasteiger partial charge in [0.05, 0.1) is 6.61 Å². The average Bonchev–Trinajstić information content (AvgIpc) is 2.88. The molecule has 0 heterocycles. The van der Waals surface area contributed by atoms with Crippen LogP contribution in [0, 0.1) is 5.41 Å². The summed E-state index contributed by atoms with van der Waals surface area (Å²) in [5.74, 6) is 0. The second-order valence-electron chi connectivity index (χ2n) is 11.4. The molecule has 0 aromatic heterocycles. The predicted octanol–water partition coefficient (Wildman–Crippen LogP) is 11.3. The first-order valence-electron chi connectivity index (χ1n) is 15.2. The van der Waals surface area contributed by atoms with Crippen LogP contribution in [0.2, 0.25) is 5.02 Å². The van der Waals surface area contributed by atoms with E-state index in [1.807, 2.05) is 12.1 Å².